The molecule has 0 amide bonds. The van der Waals surface area contributed by atoms with Gasteiger partial charge in [-0.3, -0.25) is 4.79 Å². The lowest BCUT2D eigenvalue weighted by molar-refractivity contribution is -0.139. The Bertz CT molecular complexity index is 98.6. The first-order chi connectivity index (χ1) is 3.77. The van der Waals surface area contributed by atoms with Crippen molar-refractivity contribution in [3.63, 3.8) is 0 Å². The van der Waals surface area contributed by atoms with Gasteiger partial charge in [-0.05, 0) is 11.5 Å². The van der Waals surface area contributed by atoms with Crippen LogP contribution in [0.15, 0.2) is 11.5 Å². The zero-order chi connectivity index (χ0) is 6.41. The van der Waals surface area contributed by atoms with E-state index in [1.165, 1.54) is 12.3 Å². The number of esters is 1. The zero-order valence-corrected chi connectivity index (χ0v) is 5.52. The van der Waals surface area contributed by atoms with E-state index in [-0.39, 0.29) is 5.97 Å². The Balaban J connectivity index is 3.05. The van der Waals surface area contributed by atoms with Crippen LogP contribution >= 0.6 is 12.6 Å². The molecule has 0 aromatic carbocycles. The van der Waals surface area contributed by atoms with Crippen molar-refractivity contribution < 1.29 is 9.53 Å². The maximum absolute atomic E-state index is 10.0. The van der Waals surface area contributed by atoms with Crippen molar-refractivity contribution in [1.29, 1.82) is 0 Å². The van der Waals surface area contributed by atoms with Gasteiger partial charge in [-0.25, -0.2) is 0 Å². The summed E-state index contributed by atoms with van der Waals surface area (Å²) in [6.45, 7) is 1.69. The van der Waals surface area contributed by atoms with Crippen molar-refractivity contribution in [3.8, 4) is 0 Å². The summed E-state index contributed by atoms with van der Waals surface area (Å²) in [7, 11) is 0. The molecule has 46 valence electrons. The maximum Gasteiger partial charge on any atom is 0.302 e. The lowest BCUT2D eigenvalue weighted by atomic mass is 10.7. The van der Waals surface area contributed by atoms with E-state index in [0.29, 0.717) is 6.61 Å². The van der Waals surface area contributed by atoms with Gasteiger partial charge in [0.15, 0.2) is 0 Å². The predicted octanol–water partition coefficient (Wildman–Crippen LogP) is 0.993. The van der Waals surface area contributed by atoms with E-state index < -0.39 is 0 Å². The van der Waals surface area contributed by atoms with Gasteiger partial charge in [0.2, 0.25) is 0 Å². The van der Waals surface area contributed by atoms with Crippen LogP contribution < -0.4 is 0 Å². The van der Waals surface area contributed by atoms with Crippen LogP contribution in [0.2, 0.25) is 0 Å². The first kappa shape index (κ1) is 7.56. The van der Waals surface area contributed by atoms with E-state index in [2.05, 4.69) is 17.4 Å². The molecule has 8 heavy (non-hydrogen) atoms. The number of thiol groups is 1. The van der Waals surface area contributed by atoms with Gasteiger partial charge < -0.3 is 4.74 Å². The minimum absolute atomic E-state index is 0.267. The van der Waals surface area contributed by atoms with Crippen LogP contribution in [-0.2, 0) is 9.53 Å². The molecule has 0 aromatic heterocycles. The molecule has 0 bridgehead atoms. The van der Waals surface area contributed by atoms with E-state index in [9.17, 15) is 4.79 Å². The highest BCUT2D eigenvalue weighted by Crippen LogP contribution is 1.80. The second kappa shape index (κ2) is 4.71. The number of ether oxygens (including phenoxy) is 1. The lowest BCUT2D eigenvalue weighted by Gasteiger charge is -1.91. The summed E-state index contributed by atoms with van der Waals surface area (Å²) in [5.74, 6) is -0.267. The fourth-order valence-corrected chi connectivity index (χ4v) is 0.295. The van der Waals surface area contributed by atoms with Gasteiger partial charge in [-0.2, -0.15) is 12.6 Å². The molecule has 0 aliphatic rings. The number of hydrogen-bond donors (Lipinski definition) is 1. The average Bonchev–Trinajstić information content (AvgIpc) is 1.66. The summed E-state index contributed by atoms with van der Waals surface area (Å²) in [5.41, 5.74) is 0. The van der Waals surface area contributed by atoms with Crippen LogP contribution in [0.3, 0.4) is 0 Å². The zero-order valence-electron chi connectivity index (χ0n) is 4.63. The topological polar surface area (TPSA) is 26.3 Å². The highest BCUT2D eigenvalue weighted by atomic mass is 32.1. The molecule has 0 aliphatic heterocycles. The Labute approximate surface area is 53.9 Å². The second-order valence-corrected chi connectivity index (χ2v) is 1.49. The fourth-order valence-electron chi connectivity index (χ4n) is 0.208. The van der Waals surface area contributed by atoms with Gasteiger partial charge in [0, 0.05) is 6.92 Å². The first-order valence-corrected chi connectivity index (χ1v) is 2.71. The lowest BCUT2D eigenvalue weighted by Crippen LogP contribution is -1.96. The van der Waals surface area contributed by atoms with E-state index >= 15 is 0 Å². The molecule has 0 spiro atoms. The Hall–Kier alpha value is -0.440. The summed E-state index contributed by atoms with van der Waals surface area (Å²) < 4.78 is 4.51. The van der Waals surface area contributed by atoms with Crippen LogP contribution in [0.25, 0.3) is 0 Å². The van der Waals surface area contributed by atoms with Crippen LogP contribution in [0.4, 0.5) is 0 Å². The van der Waals surface area contributed by atoms with Crippen molar-refractivity contribution in [2.75, 3.05) is 6.61 Å². The van der Waals surface area contributed by atoms with Crippen LogP contribution in [0, 0.1) is 0 Å². The number of rotatable bonds is 2. The maximum atomic E-state index is 10.0. The van der Waals surface area contributed by atoms with Crippen molar-refractivity contribution in [3.05, 3.63) is 11.5 Å². The Kier molecular flexibility index (Phi) is 4.45. The molecule has 0 rings (SSSR count). The monoisotopic (exact) mass is 132 g/mol. The smallest absolute Gasteiger partial charge is 0.302 e. The van der Waals surface area contributed by atoms with Gasteiger partial charge in [0.1, 0.15) is 6.61 Å². The third kappa shape index (κ3) is 5.56. The standard InChI is InChI=1S/C5H8O2S/c1-5(6)7-3-2-4-8/h2,4,8H,3H2,1H3/b4-2+. The fraction of sp³-hybridized carbons (Fsp3) is 0.400. The van der Waals surface area contributed by atoms with Gasteiger partial charge in [0.05, 0.1) is 0 Å². The van der Waals surface area contributed by atoms with E-state index in [0.717, 1.165) is 0 Å². The van der Waals surface area contributed by atoms with Crippen molar-refractivity contribution in [2.24, 2.45) is 0 Å². The quantitative estimate of drug-likeness (QED) is 0.448. The number of carbonyl (C=O) groups excluding carboxylic acids is 1. The third-order valence-electron chi connectivity index (χ3n) is 0.488. The molecule has 0 aromatic rings. The van der Waals surface area contributed by atoms with Gasteiger partial charge in [0.25, 0.3) is 0 Å². The minimum Gasteiger partial charge on any atom is -0.462 e. The van der Waals surface area contributed by atoms with Gasteiger partial charge in [-0.15, -0.1) is 0 Å². The molecule has 0 saturated heterocycles. The molecule has 0 heterocycles. The first-order valence-electron chi connectivity index (χ1n) is 2.20. The Morgan fingerprint density at radius 3 is 2.88 bits per heavy atom. The largest absolute Gasteiger partial charge is 0.462 e. The highest BCUT2D eigenvalue weighted by molar-refractivity contribution is 7.83. The summed E-state index contributed by atoms with van der Waals surface area (Å²) in [6, 6.07) is 0. The molecule has 0 atom stereocenters. The molecule has 0 fully saturated rings. The molecular weight excluding hydrogens is 124 g/mol. The van der Waals surface area contributed by atoms with E-state index in [1.54, 1.807) is 6.08 Å². The summed E-state index contributed by atoms with van der Waals surface area (Å²) >= 11 is 3.75. The Morgan fingerprint density at radius 2 is 2.50 bits per heavy atom. The third-order valence-corrected chi connectivity index (χ3v) is 0.699. The molecule has 0 saturated carbocycles. The molecule has 0 aliphatic carbocycles. The SMILES string of the molecule is CC(=O)OC/C=C/S. The van der Waals surface area contributed by atoms with Crippen molar-refractivity contribution in [1.82, 2.24) is 0 Å². The normalized spacial score (nSPS) is 9.75. The number of hydrogen-bond acceptors (Lipinski definition) is 3. The van der Waals surface area contributed by atoms with Crippen molar-refractivity contribution in [2.45, 2.75) is 6.92 Å². The molecule has 2 nitrogen and oxygen atoms in total. The summed E-state index contributed by atoms with van der Waals surface area (Å²) in [6.07, 6.45) is 1.64. The van der Waals surface area contributed by atoms with E-state index in [4.69, 9.17) is 0 Å². The molecule has 3 heteroatoms. The predicted molar refractivity (Wildman–Crippen MR) is 34.8 cm³/mol. The second-order valence-electron chi connectivity index (χ2n) is 1.19. The summed E-state index contributed by atoms with van der Waals surface area (Å²) in [4.78, 5) is 10.0. The van der Waals surface area contributed by atoms with Crippen molar-refractivity contribution >= 4 is 18.6 Å². The van der Waals surface area contributed by atoms with Gasteiger partial charge in [-0.1, -0.05) is 0 Å². The minimum atomic E-state index is -0.267. The molecule has 0 unspecified atom stereocenters. The van der Waals surface area contributed by atoms with Gasteiger partial charge >= 0.3 is 5.97 Å². The van der Waals surface area contributed by atoms with Crippen LogP contribution in [0.1, 0.15) is 6.92 Å². The number of carbonyl (C=O) groups is 1. The Morgan fingerprint density at radius 1 is 1.88 bits per heavy atom. The molecular formula is C5H8O2S. The van der Waals surface area contributed by atoms with Crippen LogP contribution in [0.5, 0.6) is 0 Å². The highest BCUT2D eigenvalue weighted by Gasteiger charge is 1.84. The van der Waals surface area contributed by atoms with E-state index in [1.807, 2.05) is 0 Å². The summed E-state index contributed by atoms with van der Waals surface area (Å²) in [5, 5.41) is 1.53. The average molecular weight is 132 g/mol. The van der Waals surface area contributed by atoms with Crippen LogP contribution in [-0.4, -0.2) is 12.6 Å². The molecule has 0 radical (unpaired) electrons. The molecule has 0 N–H and O–H groups in total.